The molecule has 2 heteroatoms. The van der Waals surface area contributed by atoms with Gasteiger partial charge in [-0.15, -0.1) is 11.3 Å². The van der Waals surface area contributed by atoms with Gasteiger partial charge in [-0.2, -0.15) is 0 Å². The molecule has 1 aliphatic rings. The maximum Gasteiger partial charge on any atom is 0.0124 e. The van der Waals surface area contributed by atoms with Gasteiger partial charge < -0.3 is 5.32 Å². The lowest BCUT2D eigenvalue weighted by atomic mass is 9.78. The Morgan fingerprint density at radius 1 is 1.39 bits per heavy atom. The lowest BCUT2D eigenvalue weighted by Gasteiger charge is -2.35. The second-order valence-electron chi connectivity index (χ2n) is 5.99. The number of hydrogen-bond donors (Lipinski definition) is 1. The van der Waals surface area contributed by atoms with Gasteiger partial charge in [0, 0.05) is 10.9 Å². The van der Waals surface area contributed by atoms with Crippen LogP contribution in [0.5, 0.6) is 0 Å². The first-order chi connectivity index (χ1) is 8.74. The summed E-state index contributed by atoms with van der Waals surface area (Å²) in [6.07, 6.45) is 9.48. The van der Waals surface area contributed by atoms with Crippen LogP contribution < -0.4 is 5.32 Å². The van der Waals surface area contributed by atoms with Crippen molar-refractivity contribution in [3.05, 3.63) is 22.4 Å². The summed E-state index contributed by atoms with van der Waals surface area (Å²) >= 11 is 1.90. The predicted octanol–water partition coefficient (Wildman–Crippen LogP) is 4.63. The minimum absolute atomic E-state index is 0.548. The smallest absolute Gasteiger partial charge is 0.0124 e. The molecule has 18 heavy (non-hydrogen) atoms. The second kappa shape index (κ2) is 6.72. The van der Waals surface area contributed by atoms with Gasteiger partial charge in [-0.25, -0.2) is 0 Å². The second-order valence-corrected chi connectivity index (χ2v) is 7.02. The summed E-state index contributed by atoms with van der Waals surface area (Å²) in [5.41, 5.74) is 0.548. The molecule has 1 aromatic heterocycles. The van der Waals surface area contributed by atoms with E-state index >= 15 is 0 Å². The Morgan fingerprint density at radius 2 is 2.17 bits per heavy atom. The topological polar surface area (TPSA) is 12.0 Å². The fourth-order valence-electron chi connectivity index (χ4n) is 3.29. The zero-order valence-corrected chi connectivity index (χ0v) is 12.7. The normalized spacial score (nSPS) is 20.1. The lowest BCUT2D eigenvalue weighted by Crippen LogP contribution is -2.42. The number of hydrogen-bond acceptors (Lipinski definition) is 2. The Labute approximate surface area is 116 Å². The van der Waals surface area contributed by atoms with Crippen molar-refractivity contribution < 1.29 is 0 Å². The number of thiophene rings is 1. The van der Waals surface area contributed by atoms with Crippen molar-refractivity contribution in [2.45, 2.75) is 64.8 Å². The molecular formula is C16H27NS. The van der Waals surface area contributed by atoms with Crippen LogP contribution in [-0.2, 0) is 6.42 Å². The largest absolute Gasteiger partial charge is 0.313 e. The van der Waals surface area contributed by atoms with E-state index in [4.69, 9.17) is 0 Å². The van der Waals surface area contributed by atoms with Crippen LogP contribution in [-0.4, -0.2) is 12.6 Å². The van der Waals surface area contributed by atoms with Crippen molar-refractivity contribution in [2.24, 2.45) is 5.41 Å². The third-order valence-corrected chi connectivity index (χ3v) is 5.42. The van der Waals surface area contributed by atoms with Gasteiger partial charge in [0.05, 0.1) is 0 Å². The standard InChI is InChI=1S/C16H27NS/c1-3-12-17-15(16(2)10-4-5-11-16)9-8-14-7-6-13-18-14/h6-7,13,15,17H,3-5,8-12H2,1-2H3. The lowest BCUT2D eigenvalue weighted by molar-refractivity contribution is 0.210. The highest BCUT2D eigenvalue weighted by atomic mass is 32.1. The van der Waals surface area contributed by atoms with Crippen molar-refractivity contribution in [1.82, 2.24) is 5.32 Å². The van der Waals surface area contributed by atoms with Crippen LogP contribution >= 0.6 is 11.3 Å². The van der Waals surface area contributed by atoms with E-state index in [2.05, 4.69) is 36.7 Å². The third kappa shape index (κ3) is 3.58. The molecule has 1 saturated carbocycles. The number of nitrogens with one attached hydrogen (secondary N) is 1. The molecule has 1 fully saturated rings. The van der Waals surface area contributed by atoms with Gasteiger partial charge >= 0.3 is 0 Å². The van der Waals surface area contributed by atoms with Crippen LogP contribution in [0.2, 0.25) is 0 Å². The van der Waals surface area contributed by atoms with E-state index in [0.29, 0.717) is 11.5 Å². The summed E-state index contributed by atoms with van der Waals surface area (Å²) in [7, 11) is 0. The minimum atomic E-state index is 0.548. The Kier molecular flexibility index (Phi) is 5.25. The van der Waals surface area contributed by atoms with Crippen LogP contribution in [0.25, 0.3) is 0 Å². The summed E-state index contributed by atoms with van der Waals surface area (Å²) in [5.74, 6) is 0. The van der Waals surface area contributed by atoms with Crippen molar-refractivity contribution in [3.63, 3.8) is 0 Å². The molecule has 0 radical (unpaired) electrons. The minimum Gasteiger partial charge on any atom is -0.313 e. The van der Waals surface area contributed by atoms with Crippen LogP contribution in [0.1, 0.15) is 57.2 Å². The molecular weight excluding hydrogens is 238 g/mol. The number of rotatable bonds is 7. The molecule has 2 rings (SSSR count). The predicted molar refractivity (Wildman–Crippen MR) is 81.3 cm³/mol. The van der Waals surface area contributed by atoms with Crippen molar-refractivity contribution in [1.29, 1.82) is 0 Å². The van der Waals surface area contributed by atoms with Crippen LogP contribution in [0.4, 0.5) is 0 Å². The first kappa shape index (κ1) is 14.1. The molecule has 0 bridgehead atoms. The Balaban J connectivity index is 1.91. The van der Waals surface area contributed by atoms with E-state index in [1.54, 1.807) is 4.88 Å². The maximum atomic E-state index is 3.82. The van der Waals surface area contributed by atoms with E-state index < -0.39 is 0 Å². The molecule has 1 heterocycles. The Bertz CT molecular complexity index is 325. The molecule has 0 saturated heterocycles. The monoisotopic (exact) mass is 265 g/mol. The maximum absolute atomic E-state index is 3.82. The van der Waals surface area contributed by atoms with Gasteiger partial charge in [0.1, 0.15) is 0 Å². The summed E-state index contributed by atoms with van der Waals surface area (Å²) in [5, 5.41) is 6.01. The number of aryl methyl sites for hydroxylation is 1. The average molecular weight is 265 g/mol. The van der Waals surface area contributed by atoms with Crippen molar-refractivity contribution in [3.8, 4) is 0 Å². The van der Waals surface area contributed by atoms with Crippen molar-refractivity contribution in [2.75, 3.05) is 6.54 Å². The van der Waals surface area contributed by atoms with Gasteiger partial charge in [0.15, 0.2) is 0 Å². The van der Waals surface area contributed by atoms with E-state index in [1.165, 1.54) is 51.5 Å². The quantitative estimate of drug-likeness (QED) is 0.758. The summed E-state index contributed by atoms with van der Waals surface area (Å²) in [6.45, 7) is 5.94. The third-order valence-electron chi connectivity index (χ3n) is 4.49. The van der Waals surface area contributed by atoms with Gasteiger partial charge in [0.2, 0.25) is 0 Å². The molecule has 1 unspecified atom stereocenters. The SMILES string of the molecule is CCCNC(CCc1cccs1)C1(C)CCCC1. The summed E-state index contributed by atoms with van der Waals surface area (Å²) < 4.78 is 0. The molecule has 1 N–H and O–H groups in total. The molecule has 1 aliphatic carbocycles. The highest BCUT2D eigenvalue weighted by Crippen LogP contribution is 2.42. The highest BCUT2D eigenvalue weighted by molar-refractivity contribution is 7.09. The molecule has 102 valence electrons. The molecule has 0 aromatic carbocycles. The van der Waals surface area contributed by atoms with Crippen LogP contribution in [0.3, 0.4) is 0 Å². The Morgan fingerprint density at radius 3 is 2.78 bits per heavy atom. The Hall–Kier alpha value is -0.340. The zero-order chi connectivity index (χ0) is 12.8. The van der Waals surface area contributed by atoms with Crippen LogP contribution in [0, 0.1) is 5.41 Å². The zero-order valence-electron chi connectivity index (χ0n) is 11.9. The molecule has 1 nitrogen and oxygen atoms in total. The molecule has 0 spiro atoms. The first-order valence-electron chi connectivity index (χ1n) is 7.50. The van der Waals surface area contributed by atoms with Gasteiger partial charge in [-0.1, -0.05) is 32.8 Å². The first-order valence-corrected chi connectivity index (χ1v) is 8.38. The fraction of sp³-hybridized carbons (Fsp3) is 0.750. The van der Waals surface area contributed by atoms with Gasteiger partial charge in [-0.05, 0) is 55.5 Å². The van der Waals surface area contributed by atoms with E-state index in [1.807, 2.05) is 11.3 Å². The highest BCUT2D eigenvalue weighted by Gasteiger charge is 2.36. The molecule has 0 amide bonds. The molecule has 1 aromatic rings. The van der Waals surface area contributed by atoms with Gasteiger partial charge in [-0.3, -0.25) is 0 Å². The van der Waals surface area contributed by atoms with Crippen LogP contribution in [0.15, 0.2) is 17.5 Å². The summed E-state index contributed by atoms with van der Waals surface area (Å²) in [4.78, 5) is 1.54. The van der Waals surface area contributed by atoms with Crippen molar-refractivity contribution >= 4 is 11.3 Å². The summed E-state index contributed by atoms with van der Waals surface area (Å²) in [6, 6.07) is 5.16. The molecule has 1 atom stereocenters. The van der Waals surface area contributed by atoms with E-state index in [9.17, 15) is 0 Å². The van der Waals surface area contributed by atoms with E-state index in [-0.39, 0.29) is 0 Å². The van der Waals surface area contributed by atoms with E-state index in [0.717, 1.165) is 0 Å². The fourth-order valence-corrected chi connectivity index (χ4v) is 4.01. The average Bonchev–Trinajstić information content (AvgIpc) is 3.01. The van der Waals surface area contributed by atoms with Gasteiger partial charge in [0.25, 0.3) is 0 Å². The molecule has 0 aliphatic heterocycles.